The van der Waals surface area contributed by atoms with Crippen LogP contribution < -0.4 is 5.32 Å². The van der Waals surface area contributed by atoms with E-state index in [0.717, 1.165) is 45.2 Å². The van der Waals surface area contributed by atoms with E-state index in [1.807, 2.05) is 0 Å². The molecule has 114 valence electrons. The fourth-order valence-corrected chi connectivity index (χ4v) is 3.40. The van der Waals surface area contributed by atoms with Gasteiger partial charge in [0.05, 0.1) is 12.5 Å². The molecule has 0 saturated carbocycles. The lowest BCUT2D eigenvalue weighted by Crippen LogP contribution is -2.50. The molecule has 1 unspecified atom stereocenters. The highest BCUT2D eigenvalue weighted by Crippen LogP contribution is 2.39. The van der Waals surface area contributed by atoms with Gasteiger partial charge < -0.3 is 10.1 Å². The average Bonchev–Trinajstić information content (AvgIpc) is 2.33. The molecule has 0 aromatic heterocycles. The molecular weight excluding hydrogens is 238 g/mol. The van der Waals surface area contributed by atoms with E-state index in [1.54, 1.807) is 0 Å². The van der Waals surface area contributed by atoms with Gasteiger partial charge in [-0.2, -0.15) is 0 Å². The van der Waals surface area contributed by atoms with Crippen molar-refractivity contribution in [1.82, 2.24) is 5.32 Å². The Morgan fingerprint density at radius 3 is 2.68 bits per heavy atom. The number of ether oxygens (including phenoxy) is 1. The number of carbonyl (C=O) groups is 1. The normalized spacial score (nSPS) is 28.2. The van der Waals surface area contributed by atoms with Gasteiger partial charge in [0.1, 0.15) is 0 Å². The summed E-state index contributed by atoms with van der Waals surface area (Å²) in [5.74, 6) is 0.553. The molecule has 1 aliphatic heterocycles. The third kappa shape index (κ3) is 4.79. The Kier molecular flexibility index (Phi) is 5.84. The minimum absolute atomic E-state index is 0. The first-order chi connectivity index (χ1) is 8.83. The molecule has 2 atom stereocenters. The first-order valence-electron chi connectivity index (χ1n) is 7.62. The van der Waals surface area contributed by atoms with Crippen molar-refractivity contribution in [1.29, 1.82) is 0 Å². The zero-order valence-electron chi connectivity index (χ0n) is 13.3. The van der Waals surface area contributed by atoms with Gasteiger partial charge in [-0.1, -0.05) is 40.5 Å². The summed E-state index contributed by atoms with van der Waals surface area (Å²) in [4.78, 5) is 12.2. The predicted octanol–water partition coefficient (Wildman–Crippen LogP) is 3.63. The maximum absolute atomic E-state index is 12.2. The summed E-state index contributed by atoms with van der Waals surface area (Å²) in [6.45, 7) is 10.8. The average molecular weight is 271 g/mol. The van der Waals surface area contributed by atoms with Crippen LogP contribution in [-0.4, -0.2) is 26.2 Å². The summed E-state index contributed by atoms with van der Waals surface area (Å²) in [7, 11) is 1.52. The highest BCUT2D eigenvalue weighted by molar-refractivity contribution is 5.77. The summed E-state index contributed by atoms with van der Waals surface area (Å²) >= 11 is 0. The van der Waals surface area contributed by atoms with Crippen LogP contribution in [0.5, 0.6) is 0 Å². The van der Waals surface area contributed by atoms with Crippen molar-refractivity contribution < 1.29 is 11.0 Å². The van der Waals surface area contributed by atoms with Gasteiger partial charge in [-0.05, 0) is 37.1 Å². The Balaban J connectivity index is 0.00000361. The quantitative estimate of drug-likeness (QED) is 0.776. The van der Waals surface area contributed by atoms with Gasteiger partial charge in [0.2, 0.25) is 0 Å². The molecule has 1 saturated heterocycles. The van der Waals surface area contributed by atoms with E-state index in [1.165, 1.54) is 7.11 Å². The van der Waals surface area contributed by atoms with Crippen molar-refractivity contribution in [3.63, 3.8) is 0 Å². The molecule has 1 heterocycles. The Morgan fingerprint density at radius 1 is 1.47 bits per heavy atom. The number of piperidine rings is 1. The number of unbranched alkanes of at least 4 members (excludes halogenated alkanes) is 1. The number of carbonyl (C=O) groups excluding carboxylic acids is 1. The van der Waals surface area contributed by atoms with Crippen LogP contribution in [0.3, 0.4) is 0 Å². The highest BCUT2D eigenvalue weighted by atomic mass is 16.5. The van der Waals surface area contributed by atoms with E-state index in [4.69, 9.17) is 4.74 Å². The van der Waals surface area contributed by atoms with Gasteiger partial charge in [0, 0.05) is 7.97 Å². The van der Waals surface area contributed by atoms with Crippen LogP contribution in [0.25, 0.3) is 0 Å². The van der Waals surface area contributed by atoms with Crippen LogP contribution in [-0.2, 0) is 9.53 Å². The van der Waals surface area contributed by atoms with Crippen LogP contribution in [0.1, 0.15) is 61.2 Å². The first kappa shape index (κ1) is 16.5. The van der Waals surface area contributed by atoms with Crippen molar-refractivity contribution in [2.24, 2.45) is 16.7 Å². The van der Waals surface area contributed by atoms with E-state index in [2.05, 4.69) is 33.0 Å². The first-order valence-corrected chi connectivity index (χ1v) is 7.62. The van der Waals surface area contributed by atoms with Crippen LogP contribution >= 0.6 is 0 Å². The molecule has 0 radical (unpaired) electrons. The number of methoxy groups -OCH3 is 1. The molecule has 0 amide bonds. The van der Waals surface area contributed by atoms with Crippen LogP contribution in [0.15, 0.2) is 0 Å². The monoisotopic (exact) mass is 271 g/mol. The van der Waals surface area contributed by atoms with E-state index in [-0.39, 0.29) is 12.8 Å². The third-order valence-electron chi connectivity index (χ3n) is 4.10. The maximum Gasteiger partial charge on any atom is 0.313 e. The molecule has 1 N–H and O–H groups in total. The second kappa shape index (κ2) is 6.74. The summed E-state index contributed by atoms with van der Waals surface area (Å²) in [5, 5.41) is 3.47. The van der Waals surface area contributed by atoms with E-state index >= 15 is 0 Å². The van der Waals surface area contributed by atoms with E-state index in [9.17, 15) is 4.79 Å². The minimum atomic E-state index is -0.293. The molecule has 1 fully saturated rings. The topological polar surface area (TPSA) is 38.3 Å². The molecule has 1 rings (SSSR count). The lowest BCUT2D eigenvalue weighted by molar-refractivity contribution is -0.155. The van der Waals surface area contributed by atoms with Crippen molar-refractivity contribution >= 4 is 5.97 Å². The third-order valence-corrected chi connectivity index (χ3v) is 4.10. The van der Waals surface area contributed by atoms with Crippen molar-refractivity contribution in [2.75, 3.05) is 20.2 Å². The number of nitrogens with one attached hydrogen (secondary N) is 1. The number of hydrogen-bond acceptors (Lipinski definition) is 3. The molecule has 0 aromatic rings. The molecule has 3 heteroatoms. The molecular formula is C16H33NO2. The van der Waals surface area contributed by atoms with Gasteiger partial charge in [-0.25, -0.2) is 0 Å². The Morgan fingerprint density at radius 2 is 2.16 bits per heavy atom. The maximum atomic E-state index is 12.2. The second-order valence-corrected chi connectivity index (χ2v) is 7.34. The minimum Gasteiger partial charge on any atom is -0.469 e. The number of hydrogen-bond donors (Lipinski definition) is 1. The van der Waals surface area contributed by atoms with Crippen LogP contribution in [0, 0.1) is 16.7 Å². The van der Waals surface area contributed by atoms with Gasteiger partial charge in [-0.15, -0.1) is 0 Å². The lowest BCUT2D eigenvalue weighted by Gasteiger charge is -2.41. The van der Waals surface area contributed by atoms with Gasteiger partial charge in [0.25, 0.3) is 0 Å². The fraction of sp³-hybridized carbons (Fsp3) is 0.938. The smallest absolute Gasteiger partial charge is 0.313 e. The Hall–Kier alpha value is -0.570. The largest absolute Gasteiger partial charge is 0.469 e. The molecule has 0 aliphatic carbocycles. The van der Waals surface area contributed by atoms with Gasteiger partial charge in [0.15, 0.2) is 0 Å². The highest BCUT2D eigenvalue weighted by Gasteiger charge is 2.43. The molecule has 0 aromatic carbocycles. The second-order valence-electron chi connectivity index (χ2n) is 7.34. The Labute approximate surface area is 120 Å². The molecule has 0 spiro atoms. The molecule has 19 heavy (non-hydrogen) atoms. The van der Waals surface area contributed by atoms with Crippen LogP contribution in [0.2, 0.25) is 0 Å². The van der Waals surface area contributed by atoms with Crippen molar-refractivity contribution in [3.8, 4) is 0 Å². The molecule has 0 bridgehead atoms. The van der Waals surface area contributed by atoms with Crippen LogP contribution in [0.4, 0.5) is 0 Å². The summed E-state index contributed by atoms with van der Waals surface area (Å²) in [6.07, 6.45) is 5.31. The summed E-state index contributed by atoms with van der Waals surface area (Å²) in [5.41, 5.74) is 0.0230. The van der Waals surface area contributed by atoms with Gasteiger partial charge >= 0.3 is 5.97 Å². The summed E-state index contributed by atoms with van der Waals surface area (Å²) < 4.78 is 5.09. The fourth-order valence-electron chi connectivity index (χ4n) is 3.40. The zero-order chi connectivity index (χ0) is 14.5. The van der Waals surface area contributed by atoms with Crippen molar-refractivity contribution in [2.45, 2.75) is 59.8 Å². The SMILES string of the molecule is CCCC[C@]1(C(=O)OC)CNCC(CC(C)(C)C)C1.[HH]. The molecule has 3 nitrogen and oxygen atoms in total. The number of rotatable bonds is 5. The van der Waals surface area contributed by atoms with Crippen molar-refractivity contribution in [3.05, 3.63) is 0 Å². The Bertz CT molecular complexity index is 301. The zero-order valence-corrected chi connectivity index (χ0v) is 13.3. The lowest BCUT2D eigenvalue weighted by atomic mass is 9.69. The summed E-state index contributed by atoms with van der Waals surface area (Å²) in [6, 6.07) is 0. The van der Waals surface area contributed by atoms with E-state index in [0.29, 0.717) is 11.3 Å². The standard InChI is InChI=1S/C16H31NO2.H2/c1-6-7-8-16(14(18)19-5)10-13(11-17-12-16)9-15(2,3)4;/h13,17H,6-12H2,1-5H3;1H/t13?,16-;/m1./s1. The predicted molar refractivity (Wildman–Crippen MR) is 81.1 cm³/mol. The number of esters is 1. The molecule has 1 aliphatic rings. The van der Waals surface area contributed by atoms with Gasteiger partial charge in [-0.3, -0.25) is 4.79 Å². The van der Waals surface area contributed by atoms with E-state index < -0.39 is 0 Å².